The molecule has 148 heavy (non-hydrogen) atoms. The maximum atomic E-state index is 4.70. The monoisotopic (exact) mass is 2050 g/mol. The van der Waals surface area contributed by atoms with Crippen LogP contribution in [0.2, 0.25) is 0 Å². The van der Waals surface area contributed by atoms with E-state index in [2.05, 4.69) is 227 Å². The van der Waals surface area contributed by atoms with Crippen LogP contribution < -0.4 is 0 Å². The normalized spacial score (nSPS) is 9.73. The van der Waals surface area contributed by atoms with Gasteiger partial charge in [0.05, 0.1) is 0 Å². The first-order valence-corrected chi connectivity index (χ1v) is 49.5. The molecule has 18 heteroatoms. The number of pyridine rings is 3. The molecule has 9 heterocycles. The van der Waals surface area contributed by atoms with Crippen molar-refractivity contribution >= 4 is 65.4 Å². The maximum absolute atomic E-state index is 4.70. The molecule has 24 rings (SSSR count). The minimum absolute atomic E-state index is 0. The molecule has 24 aromatic rings. The zero-order chi connectivity index (χ0) is 103. The van der Waals surface area contributed by atoms with Gasteiger partial charge in [0.2, 0.25) is 0 Å². The molecule has 0 fully saturated rings. The summed E-state index contributed by atoms with van der Waals surface area (Å²) in [6, 6.07) is 155. The van der Waals surface area contributed by atoms with E-state index in [0.29, 0.717) is 52.4 Å². The van der Waals surface area contributed by atoms with Gasteiger partial charge in [0.1, 0.15) is 17.5 Å². The Morgan fingerprint density at radius 1 is 0.162 bits per heavy atom. The van der Waals surface area contributed by atoms with Gasteiger partial charge in [-0.05, 0) is 93.6 Å². The van der Waals surface area contributed by atoms with Crippen molar-refractivity contribution in [3.05, 3.63) is 507 Å². The third-order valence-corrected chi connectivity index (χ3v) is 21.4. The van der Waals surface area contributed by atoms with Gasteiger partial charge in [0.15, 0.2) is 34.9 Å². The van der Waals surface area contributed by atoms with E-state index in [-0.39, 0.29) is 55.7 Å². The van der Waals surface area contributed by atoms with E-state index >= 15 is 0 Å². The number of benzene rings is 15. The quantitative estimate of drug-likeness (QED) is 0.116. The number of hydrogen-bond acceptors (Lipinski definition) is 12. The second kappa shape index (κ2) is 64.6. The predicted octanol–water partition coefficient (Wildman–Crippen LogP) is 34.2. The Morgan fingerprint density at radius 2 is 0.311 bits per heavy atom. The van der Waals surface area contributed by atoms with Crippen molar-refractivity contribution in [2.24, 2.45) is 0 Å². The van der Waals surface area contributed by atoms with Crippen LogP contribution in [-0.2, 0) is 55.7 Å². The van der Waals surface area contributed by atoms with E-state index in [9.17, 15) is 0 Å². The third kappa shape index (κ3) is 35.1. The molecule has 0 atom stereocenters. The SMILES string of the molecule is CC.CC.CC.CC.CC.Cc1c[c-]cc(-c2nc(-c3ccccc3)nc(-c3ccccc3)n2)c1.Cc1c[c-]cc(-c2nc(-c3ccccc3)nc(-c3ccccc3)n2)c1.Cc1c[c-]cc(-c2nc(-c3ccccc3)nc(-c3ccccc3)n2)c1.Cc1ccccn1.Cc1ccccn1.Cc1ccccn1.[V].[V].[V].c1ccc2c(c1)[nH]c1ccccc12.c1ccc2c(c1)[nH]c1ccccc12.c1ccc2c(c1)[nH]c1ccccc12. The van der Waals surface area contributed by atoms with Crippen molar-refractivity contribution in [2.45, 2.75) is 111 Å². The summed E-state index contributed by atoms with van der Waals surface area (Å²) in [5, 5.41) is 7.82. The van der Waals surface area contributed by atoms with Crippen LogP contribution in [0.4, 0.5) is 0 Å². The fraction of sp³-hybridized carbons (Fsp3) is 0.123. The largest absolute Gasteiger partial charge is 0.355 e. The van der Waals surface area contributed by atoms with Gasteiger partial charge in [-0.15, -0.1) is 0 Å². The van der Waals surface area contributed by atoms with E-state index < -0.39 is 0 Å². The fourth-order valence-corrected chi connectivity index (χ4v) is 14.7. The molecule has 0 spiro atoms. The van der Waals surface area contributed by atoms with E-state index in [1.54, 1.807) is 18.6 Å². The van der Waals surface area contributed by atoms with Gasteiger partial charge in [0.25, 0.3) is 0 Å². The number of nitrogens with one attached hydrogen (secondary N) is 3. The Balaban J connectivity index is 0.000000207. The molecule has 0 aliphatic carbocycles. The molecule has 0 unspecified atom stereocenters. The number of fused-ring (bicyclic) bond motifs is 9. The van der Waals surface area contributed by atoms with Gasteiger partial charge < -0.3 is 15.0 Å². The second-order valence-electron chi connectivity index (χ2n) is 31.6. The number of nitrogens with zero attached hydrogens (tertiary/aromatic N) is 12. The molecule has 15 nitrogen and oxygen atoms in total. The predicted molar refractivity (Wildman–Crippen MR) is 610 cm³/mol. The van der Waals surface area contributed by atoms with Gasteiger partial charge in [0, 0.05) is 190 Å². The van der Waals surface area contributed by atoms with Crippen LogP contribution in [-0.4, -0.2) is 74.8 Å². The molecule has 3 N–H and O–H groups in total. The Labute approximate surface area is 909 Å². The average Bonchev–Trinajstić information content (AvgIpc) is 1.65. The number of hydrogen-bond donors (Lipinski definition) is 3. The first kappa shape index (κ1) is 117. The first-order chi connectivity index (χ1) is 71.4. The van der Waals surface area contributed by atoms with Crippen molar-refractivity contribution in [3.63, 3.8) is 0 Å². The smallest absolute Gasteiger partial charge is 0.162 e. The Morgan fingerprint density at radius 3 is 0.453 bits per heavy atom. The van der Waals surface area contributed by atoms with Gasteiger partial charge in [-0.2, -0.15) is 89.5 Å². The van der Waals surface area contributed by atoms with E-state index in [1.807, 2.05) is 384 Å². The summed E-state index contributed by atoms with van der Waals surface area (Å²) in [5.41, 5.74) is 22.5. The fourth-order valence-electron chi connectivity index (χ4n) is 14.7. The van der Waals surface area contributed by atoms with Crippen LogP contribution >= 0.6 is 0 Å². The number of rotatable bonds is 9. The summed E-state index contributed by atoms with van der Waals surface area (Å²) < 4.78 is 0. The third-order valence-electron chi connectivity index (χ3n) is 21.4. The van der Waals surface area contributed by atoms with Crippen molar-refractivity contribution in [3.8, 4) is 102 Å². The number of aromatic amines is 3. The summed E-state index contributed by atoms with van der Waals surface area (Å²) in [6.07, 6.45) is 5.36. The van der Waals surface area contributed by atoms with Crippen LogP contribution in [0.15, 0.2) is 455 Å². The molecule has 739 valence electrons. The summed E-state index contributed by atoms with van der Waals surface area (Å²) >= 11 is 0. The second-order valence-corrected chi connectivity index (χ2v) is 31.6. The van der Waals surface area contributed by atoms with Crippen molar-refractivity contribution in [1.82, 2.24) is 74.8 Å². The molecule has 0 amide bonds. The van der Waals surface area contributed by atoms with Crippen LogP contribution in [0.5, 0.6) is 0 Å². The van der Waals surface area contributed by atoms with Crippen molar-refractivity contribution in [2.75, 3.05) is 0 Å². The number of para-hydroxylation sites is 6. The topological polar surface area (TPSA) is 202 Å². The van der Waals surface area contributed by atoms with Crippen LogP contribution in [0.25, 0.3) is 168 Å². The maximum Gasteiger partial charge on any atom is 0.162 e. The zero-order valence-corrected chi connectivity index (χ0v) is 91.2. The molecule has 0 aliphatic heterocycles. The van der Waals surface area contributed by atoms with Gasteiger partial charge in [-0.3, -0.25) is 15.0 Å². The zero-order valence-electron chi connectivity index (χ0n) is 87.0. The van der Waals surface area contributed by atoms with E-state index in [0.717, 1.165) is 83.8 Å². The Hall–Kier alpha value is -16.1. The van der Waals surface area contributed by atoms with Gasteiger partial charge in [-0.1, -0.05) is 416 Å². The minimum Gasteiger partial charge on any atom is -0.355 e. The summed E-state index contributed by atoms with van der Waals surface area (Å²) in [6.45, 7) is 32.0. The first-order valence-electron chi connectivity index (χ1n) is 49.5. The van der Waals surface area contributed by atoms with Gasteiger partial charge in [-0.25, -0.2) is 44.9 Å². The minimum atomic E-state index is 0. The number of H-pyrrole nitrogens is 3. The molecule has 0 saturated heterocycles. The molecule has 0 bridgehead atoms. The molecule has 9 aromatic heterocycles. The standard InChI is InChI=1S/3C22H16N3.3C12H9N.3C6H7N.5C2H6.3V/c3*1-16-9-8-14-19(15-16)22-24-20(17-10-4-2-5-11-17)23-21(25-22)18-12-6-3-7-13-18;3*1-3-7-11-9(5-1)10-6-2-4-8-12(10)13-11;3*1-6-4-2-3-5-7-6;5*1-2;;;/h3*2-7,9-15H,1H3;3*1-8,13H;3*2-5H,1H3;5*1-2H3;;;/q3*-1;;;;;;;;;;;;;;. The Kier molecular flexibility index (Phi) is 51.2. The van der Waals surface area contributed by atoms with Crippen LogP contribution in [0.1, 0.15) is 103 Å². The van der Waals surface area contributed by atoms with Crippen molar-refractivity contribution < 1.29 is 55.7 Å². The van der Waals surface area contributed by atoms with Crippen molar-refractivity contribution in [1.29, 1.82) is 0 Å². The van der Waals surface area contributed by atoms with Crippen LogP contribution in [0.3, 0.4) is 0 Å². The number of aryl methyl sites for hydroxylation is 6. The molecular formula is C130H126N15V3-3. The summed E-state index contributed by atoms with van der Waals surface area (Å²) in [7, 11) is 0. The molecule has 0 saturated carbocycles. The average molecular weight is 2050 g/mol. The number of aromatic nitrogens is 15. The Bertz CT molecular complexity index is 6800. The van der Waals surface area contributed by atoms with Crippen LogP contribution in [0, 0.1) is 59.7 Å². The molecule has 15 aromatic carbocycles. The van der Waals surface area contributed by atoms with E-state index in [4.69, 9.17) is 29.9 Å². The molecule has 3 radical (unpaired) electrons. The molecular weight excluding hydrogens is 1920 g/mol. The summed E-state index contributed by atoms with van der Waals surface area (Å²) in [5.74, 6) is 6.01. The molecule has 0 aliphatic rings. The van der Waals surface area contributed by atoms with Gasteiger partial charge >= 0.3 is 0 Å². The van der Waals surface area contributed by atoms with E-state index in [1.165, 1.54) is 65.4 Å². The summed E-state index contributed by atoms with van der Waals surface area (Å²) in [4.78, 5) is 64.3.